The number of primary amides is 1. The topological polar surface area (TPSA) is 75.8 Å². The van der Waals surface area contributed by atoms with Gasteiger partial charge in [0.15, 0.2) is 0 Å². The van der Waals surface area contributed by atoms with Gasteiger partial charge in [-0.25, -0.2) is 4.79 Å². The zero-order valence-electron chi connectivity index (χ0n) is 15.2. The Balaban J connectivity index is 0.00000108. The summed E-state index contributed by atoms with van der Waals surface area (Å²) in [4.78, 5) is 8.78. The number of rotatable bonds is 15. The van der Waals surface area contributed by atoms with E-state index in [0.29, 0.717) is 6.10 Å². The third kappa shape index (κ3) is 23.6. The summed E-state index contributed by atoms with van der Waals surface area (Å²) < 4.78 is 5.22. The van der Waals surface area contributed by atoms with E-state index in [4.69, 9.17) is 14.6 Å². The van der Waals surface area contributed by atoms with Crippen LogP contribution in [0.3, 0.4) is 0 Å². The maximum absolute atomic E-state index is 8.78. The van der Waals surface area contributed by atoms with E-state index in [1.807, 2.05) is 0 Å². The van der Waals surface area contributed by atoms with Crippen LogP contribution in [0.5, 0.6) is 0 Å². The SMILES string of the molecule is CCCCCCCCCCCCCCCCC1CO1.NC(=O)O. The summed E-state index contributed by atoms with van der Waals surface area (Å²) in [5.74, 6) is 0. The Kier molecular flexibility index (Phi) is 17.0. The van der Waals surface area contributed by atoms with Crippen molar-refractivity contribution >= 4 is 6.09 Å². The molecular formula is C19H39NO3. The molecule has 0 aromatic rings. The van der Waals surface area contributed by atoms with Crippen LogP contribution >= 0.6 is 0 Å². The quantitative estimate of drug-likeness (QED) is 0.291. The summed E-state index contributed by atoms with van der Waals surface area (Å²) in [6.45, 7) is 3.33. The van der Waals surface area contributed by atoms with Crippen LogP contribution in [0.4, 0.5) is 4.79 Å². The van der Waals surface area contributed by atoms with Crippen LogP contribution < -0.4 is 5.73 Å². The highest BCUT2D eigenvalue weighted by Crippen LogP contribution is 2.18. The number of ether oxygens (including phenoxy) is 1. The summed E-state index contributed by atoms with van der Waals surface area (Å²) in [6.07, 6.45) is 20.9. The molecule has 4 heteroatoms. The molecular weight excluding hydrogens is 290 g/mol. The van der Waals surface area contributed by atoms with Gasteiger partial charge in [-0.05, 0) is 6.42 Å². The normalized spacial score (nSPS) is 15.8. The molecule has 0 saturated carbocycles. The molecule has 0 aromatic heterocycles. The van der Waals surface area contributed by atoms with Crippen molar-refractivity contribution in [3.05, 3.63) is 0 Å². The van der Waals surface area contributed by atoms with Gasteiger partial charge in [-0.1, -0.05) is 96.8 Å². The first-order valence-corrected chi connectivity index (χ1v) is 9.76. The number of carbonyl (C=O) groups is 1. The summed E-state index contributed by atoms with van der Waals surface area (Å²) in [6, 6.07) is 0. The molecule has 1 unspecified atom stereocenters. The zero-order chi connectivity index (χ0) is 17.2. The number of hydrogen-bond acceptors (Lipinski definition) is 2. The zero-order valence-corrected chi connectivity index (χ0v) is 15.2. The number of carboxylic acid groups (broad SMARTS) is 1. The number of epoxide rings is 1. The summed E-state index contributed by atoms with van der Waals surface area (Å²) in [5, 5.41) is 7.19. The number of nitrogens with two attached hydrogens (primary N) is 1. The van der Waals surface area contributed by atoms with Crippen molar-refractivity contribution in [1.29, 1.82) is 0 Å². The predicted molar refractivity (Wildman–Crippen MR) is 96.9 cm³/mol. The monoisotopic (exact) mass is 329 g/mol. The minimum atomic E-state index is -1.33. The third-order valence-electron chi connectivity index (χ3n) is 4.28. The second kappa shape index (κ2) is 17.6. The number of unbranched alkanes of at least 4 members (excludes halogenated alkanes) is 13. The van der Waals surface area contributed by atoms with Crippen molar-refractivity contribution in [2.24, 2.45) is 5.73 Å². The van der Waals surface area contributed by atoms with E-state index in [1.165, 1.54) is 96.3 Å². The predicted octanol–water partition coefficient (Wildman–Crippen LogP) is 5.88. The highest BCUT2D eigenvalue weighted by Gasteiger charge is 2.20. The van der Waals surface area contributed by atoms with Gasteiger partial charge in [0, 0.05) is 0 Å². The molecule has 1 atom stereocenters. The molecule has 0 aromatic carbocycles. The Morgan fingerprint density at radius 3 is 1.48 bits per heavy atom. The first-order chi connectivity index (χ1) is 11.2. The van der Waals surface area contributed by atoms with E-state index in [9.17, 15) is 0 Å². The van der Waals surface area contributed by atoms with Crippen LogP contribution in [0.25, 0.3) is 0 Å². The summed E-state index contributed by atoms with van der Waals surface area (Å²) in [7, 11) is 0. The van der Waals surface area contributed by atoms with Crippen molar-refractivity contribution in [3.63, 3.8) is 0 Å². The molecule has 4 nitrogen and oxygen atoms in total. The highest BCUT2D eigenvalue weighted by atomic mass is 16.6. The highest BCUT2D eigenvalue weighted by molar-refractivity contribution is 5.61. The van der Waals surface area contributed by atoms with Crippen LogP contribution in [0, 0.1) is 0 Å². The number of hydrogen-bond donors (Lipinski definition) is 2. The van der Waals surface area contributed by atoms with E-state index in [0.717, 1.165) is 6.61 Å². The van der Waals surface area contributed by atoms with E-state index < -0.39 is 6.09 Å². The lowest BCUT2D eigenvalue weighted by molar-refractivity contribution is 0.205. The van der Waals surface area contributed by atoms with Crippen molar-refractivity contribution < 1.29 is 14.6 Å². The van der Waals surface area contributed by atoms with Crippen LogP contribution in [0.2, 0.25) is 0 Å². The summed E-state index contributed by atoms with van der Waals surface area (Å²) in [5.41, 5.74) is 4.03. The van der Waals surface area contributed by atoms with Crippen LogP contribution in [0.1, 0.15) is 103 Å². The molecule has 1 aliphatic heterocycles. The van der Waals surface area contributed by atoms with Crippen LogP contribution in [-0.4, -0.2) is 23.9 Å². The largest absolute Gasteiger partial charge is 0.465 e. The molecule has 0 bridgehead atoms. The van der Waals surface area contributed by atoms with Crippen molar-refractivity contribution in [1.82, 2.24) is 0 Å². The lowest BCUT2D eigenvalue weighted by Crippen LogP contribution is -2.03. The molecule has 1 saturated heterocycles. The molecule has 138 valence electrons. The first kappa shape index (κ1) is 22.2. The second-order valence-corrected chi connectivity index (χ2v) is 6.68. The van der Waals surface area contributed by atoms with E-state index in [-0.39, 0.29) is 0 Å². The molecule has 0 spiro atoms. The number of amides is 1. The Bertz CT molecular complexity index is 251. The van der Waals surface area contributed by atoms with E-state index >= 15 is 0 Å². The molecule has 23 heavy (non-hydrogen) atoms. The third-order valence-corrected chi connectivity index (χ3v) is 4.28. The fourth-order valence-corrected chi connectivity index (χ4v) is 2.80. The molecule has 1 rings (SSSR count). The Hall–Kier alpha value is -0.770. The molecule has 1 heterocycles. The minimum absolute atomic E-state index is 0.650. The van der Waals surface area contributed by atoms with Crippen molar-refractivity contribution in [3.8, 4) is 0 Å². The van der Waals surface area contributed by atoms with E-state index in [1.54, 1.807) is 0 Å². The maximum Gasteiger partial charge on any atom is 0.402 e. The molecule has 1 amide bonds. The Labute approximate surface area is 143 Å². The van der Waals surface area contributed by atoms with Crippen molar-refractivity contribution in [2.45, 2.75) is 109 Å². The maximum atomic E-state index is 8.78. The minimum Gasteiger partial charge on any atom is -0.465 e. The molecule has 0 radical (unpaired) electrons. The molecule has 1 aliphatic rings. The average molecular weight is 330 g/mol. The standard InChI is InChI=1S/C18H36O.CH3NO2/c1-2-3-4-5-6-7-8-9-10-11-12-13-14-15-16-18-17-19-18;2-1(3)4/h18H,2-17H2,1H3;2H2,(H,3,4). The fraction of sp³-hybridized carbons (Fsp3) is 0.947. The fourth-order valence-electron chi connectivity index (χ4n) is 2.80. The van der Waals surface area contributed by atoms with Gasteiger partial charge in [0.2, 0.25) is 0 Å². The van der Waals surface area contributed by atoms with Gasteiger partial charge in [0.1, 0.15) is 0 Å². The van der Waals surface area contributed by atoms with Gasteiger partial charge in [-0.15, -0.1) is 0 Å². The lowest BCUT2D eigenvalue weighted by Gasteiger charge is -2.03. The van der Waals surface area contributed by atoms with Gasteiger partial charge in [-0.2, -0.15) is 0 Å². The van der Waals surface area contributed by atoms with Crippen LogP contribution in [-0.2, 0) is 4.74 Å². The van der Waals surface area contributed by atoms with Gasteiger partial charge in [0.05, 0.1) is 12.7 Å². The second-order valence-electron chi connectivity index (χ2n) is 6.68. The van der Waals surface area contributed by atoms with E-state index in [2.05, 4.69) is 12.7 Å². The Morgan fingerprint density at radius 2 is 1.17 bits per heavy atom. The average Bonchev–Trinajstić information content (AvgIpc) is 3.31. The Morgan fingerprint density at radius 1 is 0.870 bits per heavy atom. The van der Waals surface area contributed by atoms with Gasteiger partial charge >= 0.3 is 6.09 Å². The molecule has 0 aliphatic carbocycles. The van der Waals surface area contributed by atoms with Crippen molar-refractivity contribution in [2.75, 3.05) is 6.61 Å². The lowest BCUT2D eigenvalue weighted by atomic mass is 10.0. The molecule has 3 N–H and O–H groups in total. The first-order valence-electron chi connectivity index (χ1n) is 9.76. The summed E-state index contributed by atoms with van der Waals surface area (Å²) >= 11 is 0. The van der Waals surface area contributed by atoms with Gasteiger partial charge in [-0.3, -0.25) is 0 Å². The molecule has 1 fully saturated rings. The van der Waals surface area contributed by atoms with Gasteiger partial charge < -0.3 is 15.6 Å². The van der Waals surface area contributed by atoms with Crippen LogP contribution in [0.15, 0.2) is 0 Å². The van der Waals surface area contributed by atoms with Gasteiger partial charge in [0.25, 0.3) is 0 Å². The smallest absolute Gasteiger partial charge is 0.402 e.